The van der Waals surface area contributed by atoms with Gasteiger partial charge in [-0.1, -0.05) is 24.3 Å². The number of hydrogen-bond donors (Lipinski definition) is 0. The molecule has 0 fully saturated rings. The van der Waals surface area contributed by atoms with Crippen LogP contribution in [0.3, 0.4) is 0 Å². The summed E-state index contributed by atoms with van der Waals surface area (Å²) in [6.45, 7) is 0.647. The van der Waals surface area contributed by atoms with Crippen molar-refractivity contribution in [2.24, 2.45) is 0 Å². The summed E-state index contributed by atoms with van der Waals surface area (Å²) in [5.74, 6) is 0. The molecule has 1 aromatic carbocycles. The lowest BCUT2D eigenvalue weighted by Crippen LogP contribution is -2.02. The topological polar surface area (TPSA) is 60.9 Å². The molecule has 4 heterocycles. The van der Waals surface area contributed by atoms with Crippen LogP contribution in [0, 0.1) is 6.07 Å². The van der Waals surface area contributed by atoms with Crippen molar-refractivity contribution < 1.29 is 0 Å². The molecule has 6 heteroatoms. The minimum Gasteiger partial charge on any atom is -0.266 e. The fraction of sp³-hybridized carbons (Fsp3) is 0.0476. The van der Waals surface area contributed by atoms with E-state index in [0.29, 0.717) is 12.2 Å². The Bertz CT molecular complexity index is 1210. The van der Waals surface area contributed by atoms with Crippen molar-refractivity contribution in [1.29, 1.82) is 0 Å². The highest BCUT2D eigenvalue weighted by molar-refractivity contribution is 5.70. The first-order chi connectivity index (χ1) is 13.4. The smallest absolute Gasteiger partial charge is 0.163 e. The van der Waals surface area contributed by atoms with E-state index in [1.165, 1.54) is 0 Å². The van der Waals surface area contributed by atoms with Crippen LogP contribution in [0.25, 0.3) is 28.2 Å². The second-order valence-corrected chi connectivity index (χ2v) is 6.15. The van der Waals surface area contributed by atoms with Gasteiger partial charge in [-0.15, -0.1) is 0 Å². The summed E-state index contributed by atoms with van der Waals surface area (Å²) in [7, 11) is 0. The summed E-state index contributed by atoms with van der Waals surface area (Å²) < 4.78 is 3.69. The molecule has 4 aromatic heterocycles. The summed E-state index contributed by atoms with van der Waals surface area (Å²) in [5, 5.41) is 9.02. The molecule has 0 unspecified atom stereocenters. The molecule has 129 valence electrons. The maximum Gasteiger partial charge on any atom is 0.163 e. The summed E-state index contributed by atoms with van der Waals surface area (Å²) in [5.41, 5.74) is 5.68. The van der Waals surface area contributed by atoms with Gasteiger partial charge in [0.25, 0.3) is 0 Å². The molecule has 5 aromatic rings. The van der Waals surface area contributed by atoms with Gasteiger partial charge in [0.15, 0.2) is 5.65 Å². The highest BCUT2D eigenvalue weighted by Crippen LogP contribution is 2.25. The molecule has 0 saturated carbocycles. The summed E-state index contributed by atoms with van der Waals surface area (Å²) in [4.78, 5) is 8.63. The van der Waals surface area contributed by atoms with Gasteiger partial charge in [-0.3, -0.25) is 9.67 Å². The minimum absolute atomic E-state index is 0.647. The Morgan fingerprint density at radius 1 is 0.889 bits per heavy atom. The Labute approximate surface area is 155 Å². The first kappa shape index (κ1) is 15.5. The fourth-order valence-corrected chi connectivity index (χ4v) is 3.10. The molecule has 0 atom stereocenters. The van der Waals surface area contributed by atoms with E-state index in [0.717, 1.165) is 28.2 Å². The number of fused-ring (bicyclic) bond motifs is 1. The summed E-state index contributed by atoms with van der Waals surface area (Å²) in [6.07, 6.45) is 7.18. The van der Waals surface area contributed by atoms with Crippen LogP contribution in [0.4, 0.5) is 0 Å². The van der Waals surface area contributed by atoms with Crippen molar-refractivity contribution in [3.8, 4) is 22.5 Å². The van der Waals surface area contributed by atoms with Crippen LogP contribution >= 0.6 is 0 Å². The van der Waals surface area contributed by atoms with Gasteiger partial charge in [0.1, 0.15) is 0 Å². The van der Waals surface area contributed by atoms with Gasteiger partial charge >= 0.3 is 0 Å². The zero-order valence-corrected chi connectivity index (χ0v) is 14.4. The van der Waals surface area contributed by atoms with E-state index in [4.69, 9.17) is 5.10 Å². The van der Waals surface area contributed by atoms with Crippen LogP contribution in [-0.4, -0.2) is 29.4 Å². The van der Waals surface area contributed by atoms with E-state index >= 15 is 0 Å². The largest absolute Gasteiger partial charge is 0.266 e. The van der Waals surface area contributed by atoms with Gasteiger partial charge in [-0.05, 0) is 30.3 Å². The van der Waals surface area contributed by atoms with E-state index in [-0.39, 0.29) is 0 Å². The molecule has 0 aliphatic heterocycles. The van der Waals surface area contributed by atoms with E-state index < -0.39 is 0 Å². The van der Waals surface area contributed by atoms with Crippen molar-refractivity contribution >= 4 is 5.65 Å². The maximum absolute atomic E-state index is 4.70. The molecule has 0 aliphatic rings. The van der Waals surface area contributed by atoms with E-state index in [1.54, 1.807) is 23.1 Å². The summed E-state index contributed by atoms with van der Waals surface area (Å²) in [6, 6.07) is 21.2. The SMILES string of the molecule is [c]1cnn2c(-c3cccc(-c4ccn(Cc5ccccn5)n4)c3)ccnc12. The van der Waals surface area contributed by atoms with Crippen molar-refractivity contribution in [1.82, 2.24) is 29.4 Å². The number of hydrogen-bond acceptors (Lipinski definition) is 4. The second-order valence-electron chi connectivity index (χ2n) is 6.15. The number of aromatic nitrogens is 6. The zero-order valence-electron chi connectivity index (χ0n) is 14.4. The van der Waals surface area contributed by atoms with E-state index in [2.05, 4.69) is 39.3 Å². The number of pyridine rings is 1. The van der Waals surface area contributed by atoms with Crippen molar-refractivity contribution in [2.45, 2.75) is 6.54 Å². The average molecular weight is 351 g/mol. The number of rotatable bonds is 4. The Balaban J connectivity index is 1.49. The van der Waals surface area contributed by atoms with Crippen LogP contribution in [0.15, 0.2) is 79.4 Å². The monoisotopic (exact) mass is 351 g/mol. The Kier molecular flexibility index (Phi) is 3.72. The second kappa shape index (κ2) is 6.49. The fourth-order valence-electron chi connectivity index (χ4n) is 3.10. The van der Waals surface area contributed by atoms with Crippen LogP contribution < -0.4 is 0 Å². The van der Waals surface area contributed by atoms with Gasteiger partial charge in [0.2, 0.25) is 0 Å². The third-order valence-corrected chi connectivity index (χ3v) is 4.37. The van der Waals surface area contributed by atoms with E-state index in [9.17, 15) is 0 Å². The molecule has 0 amide bonds. The Hall–Kier alpha value is -3.80. The zero-order chi connectivity index (χ0) is 18.1. The predicted octanol–water partition coefficient (Wildman–Crippen LogP) is 3.50. The minimum atomic E-state index is 0.647. The first-order valence-corrected chi connectivity index (χ1v) is 8.61. The third kappa shape index (κ3) is 2.97. The highest BCUT2D eigenvalue weighted by atomic mass is 15.3. The summed E-state index contributed by atoms with van der Waals surface area (Å²) >= 11 is 0. The lowest BCUT2D eigenvalue weighted by Gasteiger charge is -2.06. The molecule has 0 bridgehead atoms. The number of nitrogens with zero attached hydrogens (tertiary/aromatic N) is 6. The lowest BCUT2D eigenvalue weighted by molar-refractivity contribution is 0.675. The molecule has 5 rings (SSSR count). The van der Waals surface area contributed by atoms with Crippen LogP contribution in [0.2, 0.25) is 0 Å². The number of benzene rings is 1. The van der Waals surface area contributed by atoms with Gasteiger partial charge in [0.05, 0.1) is 35.9 Å². The van der Waals surface area contributed by atoms with Crippen LogP contribution in [0.5, 0.6) is 0 Å². The van der Waals surface area contributed by atoms with Gasteiger partial charge in [-0.25, -0.2) is 9.50 Å². The molecule has 27 heavy (non-hydrogen) atoms. The molecule has 1 radical (unpaired) electrons. The van der Waals surface area contributed by atoms with Crippen LogP contribution in [-0.2, 0) is 6.54 Å². The quantitative estimate of drug-likeness (QED) is 0.497. The maximum atomic E-state index is 4.70. The molecule has 0 N–H and O–H groups in total. The predicted molar refractivity (Wildman–Crippen MR) is 102 cm³/mol. The standard InChI is InChI=1S/C21H15N6/c1-2-10-22-18(6-1)15-26-13-9-19(25-26)16-4-3-5-17(14-16)20-7-11-23-21-8-12-24-27(20)21/h1-7,9-14H,15H2. The molecule has 0 aliphatic carbocycles. The highest BCUT2D eigenvalue weighted by Gasteiger charge is 2.08. The lowest BCUT2D eigenvalue weighted by atomic mass is 10.1. The molecular formula is C21H15N6. The van der Waals surface area contributed by atoms with Gasteiger partial charge < -0.3 is 0 Å². The van der Waals surface area contributed by atoms with Crippen molar-refractivity contribution in [3.05, 3.63) is 91.1 Å². The van der Waals surface area contributed by atoms with Gasteiger partial charge in [-0.2, -0.15) is 10.2 Å². The Morgan fingerprint density at radius 3 is 2.78 bits per heavy atom. The molecular weight excluding hydrogens is 336 g/mol. The average Bonchev–Trinajstić information content (AvgIpc) is 3.38. The normalized spacial score (nSPS) is 11.1. The molecule has 0 spiro atoms. The van der Waals surface area contributed by atoms with Crippen molar-refractivity contribution in [2.75, 3.05) is 0 Å². The van der Waals surface area contributed by atoms with Crippen molar-refractivity contribution in [3.63, 3.8) is 0 Å². The van der Waals surface area contributed by atoms with E-state index in [1.807, 2.05) is 47.3 Å². The third-order valence-electron chi connectivity index (χ3n) is 4.37. The molecule has 6 nitrogen and oxygen atoms in total. The first-order valence-electron chi connectivity index (χ1n) is 8.61. The van der Waals surface area contributed by atoms with Gasteiger partial charge in [0, 0.05) is 29.7 Å². The van der Waals surface area contributed by atoms with Crippen LogP contribution in [0.1, 0.15) is 5.69 Å². The molecule has 0 saturated heterocycles. The Morgan fingerprint density at radius 2 is 1.85 bits per heavy atom.